The van der Waals surface area contributed by atoms with Crippen molar-refractivity contribution >= 4 is 39.2 Å². The molecule has 0 aliphatic carbocycles. The molecule has 0 radical (unpaired) electrons. The van der Waals surface area contributed by atoms with Crippen LogP contribution in [0.5, 0.6) is 0 Å². The molecule has 0 aliphatic rings. The second kappa shape index (κ2) is 8.77. The van der Waals surface area contributed by atoms with E-state index in [9.17, 15) is 13.2 Å². The number of ether oxygens (including phenoxy) is 1. The van der Waals surface area contributed by atoms with Crippen LogP contribution in [0.4, 0.5) is 0 Å². The van der Waals surface area contributed by atoms with E-state index in [1.165, 1.54) is 19.4 Å². The van der Waals surface area contributed by atoms with Gasteiger partial charge < -0.3 is 10.5 Å². The average molecular weight is 402 g/mol. The summed E-state index contributed by atoms with van der Waals surface area (Å²) in [6.07, 6.45) is 2.69. The predicted molar refractivity (Wildman–Crippen MR) is 103 cm³/mol. The number of hydrogen-bond donors (Lipinski definition) is 2. The highest BCUT2D eigenvalue weighted by Crippen LogP contribution is 2.25. The highest BCUT2D eigenvalue weighted by Gasteiger charge is 2.25. The Morgan fingerprint density at radius 1 is 1.23 bits per heavy atom. The fraction of sp³-hybridized carbons (Fsp3) is 0.412. The van der Waals surface area contributed by atoms with Crippen LogP contribution in [-0.2, 0) is 14.8 Å². The molecule has 0 unspecified atom stereocenters. The molecule has 0 atom stereocenters. The first-order valence-electron chi connectivity index (χ1n) is 8.02. The van der Waals surface area contributed by atoms with Gasteiger partial charge in [0.25, 0.3) is 0 Å². The Bertz CT molecular complexity index is 883. The lowest BCUT2D eigenvalue weighted by Crippen LogP contribution is -2.49. The predicted octanol–water partition coefficient (Wildman–Crippen LogP) is 2.24. The number of esters is 1. The maximum absolute atomic E-state index is 12.8. The first-order valence-corrected chi connectivity index (χ1v) is 9.51. The molecule has 26 heavy (non-hydrogen) atoms. The number of carbonyl (C=O) groups excluding carboxylic acids is 1. The van der Waals surface area contributed by atoms with E-state index in [2.05, 4.69) is 9.71 Å². The maximum atomic E-state index is 12.8. The number of aromatic nitrogens is 1. The van der Waals surface area contributed by atoms with Gasteiger partial charge in [-0.25, -0.2) is 22.9 Å². The topological polar surface area (TPSA) is 111 Å². The molecule has 2 aromatic rings. The van der Waals surface area contributed by atoms with Crippen LogP contribution >= 0.6 is 12.4 Å². The number of methoxy groups -OCH3 is 1. The number of nitrogens with one attached hydrogen (secondary N) is 1. The summed E-state index contributed by atoms with van der Waals surface area (Å²) in [5, 5.41) is 0.822. The molecule has 0 fully saturated rings. The van der Waals surface area contributed by atoms with Crippen molar-refractivity contribution in [2.45, 2.75) is 37.1 Å². The van der Waals surface area contributed by atoms with E-state index >= 15 is 0 Å². The molecular formula is C17H24ClN3O4S. The molecule has 1 heterocycles. The van der Waals surface area contributed by atoms with Gasteiger partial charge in [0.15, 0.2) is 5.69 Å². The first kappa shape index (κ1) is 22.3. The number of nitrogens with zero attached hydrogens (tertiary/aromatic N) is 1. The standard InChI is InChI=1S/C17H23N3O4S.ClH/c1-4-17(18,5-2)11-20-25(22,23)14-8-6-7-13-12(14)9-10-19-15(13)16(21)24-3;/h6-10,20H,4-5,11,18H2,1-3H3;1H. The molecule has 0 bridgehead atoms. The summed E-state index contributed by atoms with van der Waals surface area (Å²) in [7, 11) is -2.55. The summed E-state index contributed by atoms with van der Waals surface area (Å²) in [6.45, 7) is 3.97. The third-order valence-corrected chi connectivity index (χ3v) is 5.92. The fourth-order valence-electron chi connectivity index (χ4n) is 2.49. The van der Waals surface area contributed by atoms with E-state index < -0.39 is 21.5 Å². The normalized spacial score (nSPS) is 11.8. The van der Waals surface area contributed by atoms with Gasteiger partial charge in [0.1, 0.15) is 0 Å². The molecule has 7 nitrogen and oxygen atoms in total. The Kier molecular flexibility index (Phi) is 7.52. The van der Waals surface area contributed by atoms with Gasteiger partial charge in [-0.2, -0.15) is 0 Å². The summed E-state index contributed by atoms with van der Waals surface area (Å²) in [5.74, 6) is -0.619. The quantitative estimate of drug-likeness (QED) is 0.688. The van der Waals surface area contributed by atoms with Crippen LogP contribution in [0.2, 0.25) is 0 Å². The van der Waals surface area contributed by atoms with Crippen LogP contribution in [-0.4, -0.2) is 38.6 Å². The van der Waals surface area contributed by atoms with Gasteiger partial charge in [0.05, 0.1) is 12.0 Å². The van der Waals surface area contributed by atoms with Gasteiger partial charge in [-0.1, -0.05) is 26.0 Å². The third kappa shape index (κ3) is 4.50. The molecule has 0 spiro atoms. The molecular weight excluding hydrogens is 378 g/mol. The van der Waals surface area contributed by atoms with E-state index in [4.69, 9.17) is 10.5 Å². The van der Waals surface area contributed by atoms with Crippen LogP contribution in [0.1, 0.15) is 37.2 Å². The van der Waals surface area contributed by atoms with Crippen molar-refractivity contribution in [3.63, 3.8) is 0 Å². The Labute approximate surface area is 159 Å². The number of pyridine rings is 1. The van der Waals surface area contributed by atoms with Gasteiger partial charge in [-0.05, 0) is 25.0 Å². The van der Waals surface area contributed by atoms with Crippen molar-refractivity contribution in [2.75, 3.05) is 13.7 Å². The minimum atomic E-state index is -3.80. The number of carbonyl (C=O) groups is 1. The number of benzene rings is 1. The van der Waals surface area contributed by atoms with E-state index in [-0.39, 0.29) is 29.5 Å². The lowest BCUT2D eigenvalue weighted by Gasteiger charge is -2.26. The molecule has 0 aliphatic heterocycles. The van der Waals surface area contributed by atoms with Crippen LogP contribution in [0, 0.1) is 0 Å². The SMILES string of the molecule is CCC(N)(CC)CNS(=O)(=O)c1cccc2c(C(=O)OC)nccc12.Cl. The summed E-state index contributed by atoms with van der Waals surface area (Å²) >= 11 is 0. The van der Waals surface area contributed by atoms with Crippen LogP contribution in [0.25, 0.3) is 10.8 Å². The molecule has 9 heteroatoms. The Hall–Kier alpha value is -1.74. The van der Waals surface area contributed by atoms with Gasteiger partial charge in [-0.15, -0.1) is 12.4 Å². The first-order chi connectivity index (χ1) is 11.8. The van der Waals surface area contributed by atoms with Crippen LogP contribution in [0.15, 0.2) is 35.4 Å². The van der Waals surface area contributed by atoms with Crippen molar-refractivity contribution in [1.82, 2.24) is 9.71 Å². The Morgan fingerprint density at radius 2 is 1.88 bits per heavy atom. The zero-order valence-corrected chi connectivity index (χ0v) is 16.6. The van der Waals surface area contributed by atoms with E-state index in [1.807, 2.05) is 13.8 Å². The van der Waals surface area contributed by atoms with Crippen LogP contribution in [0.3, 0.4) is 0 Å². The van der Waals surface area contributed by atoms with Gasteiger partial charge >= 0.3 is 5.97 Å². The van der Waals surface area contributed by atoms with Crippen LogP contribution < -0.4 is 10.5 Å². The highest BCUT2D eigenvalue weighted by molar-refractivity contribution is 7.89. The molecule has 0 saturated carbocycles. The number of sulfonamides is 1. The minimum Gasteiger partial charge on any atom is -0.464 e. The zero-order valence-electron chi connectivity index (χ0n) is 15.0. The van der Waals surface area contributed by atoms with Crippen molar-refractivity contribution in [3.05, 3.63) is 36.2 Å². The Balaban J connectivity index is 0.00000338. The van der Waals surface area contributed by atoms with Crippen molar-refractivity contribution in [3.8, 4) is 0 Å². The fourth-order valence-corrected chi connectivity index (χ4v) is 3.85. The van der Waals surface area contributed by atoms with Crippen molar-refractivity contribution in [2.24, 2.45) is 5.73 Å². The largest absolute Gasteiger partial charge is 0.464 e. The lowest BCUT2D eigenvalue weighted by molar-refractivity contribution is 0.0596. The minimum absolute atomic E-state index is 0. The number of rotatable bonds is 7. The molecule has 0 amide bonds. The molecule has 1 aromatic carbocycles. The van der Waals surface area contributed by atoms with Crippen molar-refractivity contribution < 1.29 is 17.9 Å². The molecule has 2 rings (SSSR count). The second-order valence-corrected chi connectivity index (χ2v) is 7.63. The molecule has 0 saturated heterocycles. The average Bonchev–Trinajstić information content (AvgIpc) is 2.64. The summed E-state index contributed by atoms with van der Waals surface area (Å²) in [4.78, 5) is 15.9. The summed E-state index contributed by atoms with van der Waals surface area (Å²) in [5.41, 5.74) is 5.65. The maximum Gasteiger partial charge on any atom is 0.357 e. The monoisotopic (exact) mass is 401 g/mol. The second-order valence-electron chi connectivity index (χ2n) is 5.90. The number of nitrogens with two attached hydrogens (primary N) is 1. The highest BCUT2D eigenvalue weighted by atomic mass is 35.5. The third-order valence-electron chi connectivity index (χ3n) is 4.46. The summed E-state index contributed by atoms with van der Waals surface area (Å²) < 4.78 is 32.8. The van der Waals surface area contributed by atoms with Gasteiger partial charge in [-0.3, -0.25) is 0 Å². The number of fused-ring (bicyclic) bond motifs is 1. The number of hydrogen-bond acceptors (Lipinski definition) is 6. The van der Waals surface area contributed by atoms with E-state index in [1.54, 1.807) is 18.2 Å². The van der Waals surface area contributed by atoms with Gasteiger partial charge in [0, 0.05) is 29.1 Å². The molecule has 1 aromatic heterocycles. The van der Waals surface area contributed by atoms with E-state index in [0.717, 1.165) is 0 Å². The van der Waals surface area contributed by atoms with E-state index in [0.29, 0.717) is 23.6 Å². The Morgan fingerprint density at radius 3 is 2.46 bits per heavy atom. The van der Waals surface area contributed by atoms with Gasteiger partial charge in [0.2, 0.25) is 10.0 Å². The molecule has 144 valence electrons. The van der Waals surface area contributed by atoms with Crippen molar-refractivity contribution in [1.29, 1.82) is 0 Å². The number of halogens is 1. The summed E-state index contributed by atoms with van der Waals surface area (Å²) in [6, 6.07) is 6.26. The smallest absolute Gasteiger partial charge is 0.357 e. The zero-order chi connectivity index (χ0) is 18.7. The molecule has 3 N–H and O–H groups in total. The lowest BCUT2D eigenvalue weighted by atomic mass is 9.95.